The second kappa shape index (κ2) is 4.03. The molecule has 1 aromatic rings. The summed E-state index contributed by atoms with van der Waals surface area (Å²) in [6.07, 6.45) is 9.27. The van der Waals surface area contributed by atoms with Gasteiger partial charge in [-0.15, -0.1) is 0 Å². The van der Waals surface area contributed by atoms with E-state index in [0.29, 0.717) is 5.92 Å². The molecule has 0 amide bonds. The normalized spacial score (nSPS) is 26.5. The van der Waals surface area contributed by atoms with Crippen LogP contribution in [0.15, 0.2) is 54.6 Å². The SMILES string of the molecule is CC(c1ccccc1)C1(N)C=CC=CC1. The molecular formula is C14H17N. The van der Waals surface area contributed by atoms with E-state index in [9.17, 15) is 0 Å². The monoisotopic (exact) mass is 199 g/mol. The second-order valence-corrected chi connectivity index (χ2v) is 4.24. The van der Waals surface area contributed by atoms with E-state index in [1.54, 1.807) is 0 Å². The maximum atomic E-state index is 6.40. The van der Waals surface area contributed by atoms with Crippen molar-refractivity contribution < 1.29 is 0 Å². The number of allylic oxidation sites excluding steroid dienone is 2. The first kappa shape index (κ1) is 10.2. The Morgan fingerprint density at radius 3 is 2.53 bits per heavy atom. The summed E-state index contributed by atoms with van der Waals surface area (Å²) in [7, 11) is 0. The first-order valence-corrected chi connectivity index (χ1v) is 5.40. The van der Waals surface area contributed by atoms with E-state index in [4.69, 9.17) is 5.73 Å². The van der Waals surface area contributed by atoms with Crippen LogP contribution in [-0.4, -0.2) is 5.54 Å². The van der Waals surface area contributed by atoms with E-state index < -0.39 is 0 Å². The molecule has 0 saturated carbocycles. The van der Waals surface area contributed by atoms with Crippen molar-refractivity contribution in [2.24, 2.45) is 5.73 Å². The number of benzene rings is 1. The van der Waals surface area contributed by atoms with Gasteiger partial charge in [-0.3, -0.25) is 0 Å². The van der Waals surface area contributed by atoms with Gasteiger partial charge in [0.25, 0.3) is 0 Å². The van der Waals surface area contributed by atoms with Crippen LogP contribution in [0.4, 0.5) is 0 Å². The summed E-state index contributed by atoms with van der Waals surface area (Å²) in [6, 6.07) is 10.5. The van der Waals surface area contributed by atoms with Crippen molar-refractivity contribution in [3.8, 4) is 0 Å². The summed E-state index contributed by atoms with van der Waals surface area (Å²) >= 11 is 0. The van der Waals surface area contributed by atoms with Crippen LogP contribution in [0.3, 0.4) is 0 Å². The molecule has 0 radical (unpaired) electrons. The lowest BCUT2D eigenvalue weighted by Gasteiger charge is -2.33. The highest BCUT2D eigenvalue weighted by Gasteiger charge is 2.29. The Hall–Kier alpha value is -1.34. The van der Waals surface area contributed by atoms with Crippen LogP contribution in [0.25, 0.3) is 0 Å². The van der Waals surface area contributed by atoms with Crippen LogP contribution in [0.1, 0.15) is 24.8 Å². The topological polar surface area (TPSA) is 26.0 Å². The minimum absolute atomic E-state index is 0.226. The van der Waals surface area contributed by atoms with Gasteiger partial charge in [-0.25, -0.2) is 0 Å². The summed E-state index contributed by atoms with van der Waals surface area (Å²) in [5, 5.41) is 0. The zero-order valence-corrected chi connectivity index (χ0v) is 9.06. The molecule has 2 atom stereocenters. The summed E-state index contributed by atoms with van der Waals surface area (Å²) in [6.45, 7) is 2.19. The van der Waals surface area contributed by atoms with Crippen molar-refractivity contribution in [3.63, 3.8) is 0 Å². The molecule has 0 spiro atoms. The van der Waals surface area contributed by atoms with Gasteiger partial charge >= 0.3 is 0 Å². The lowest BCUT2D eigenvalue weighted by atomic mass is 9.77. The molecule has 0 saturated heterocycles. The molecule has 1 nitrogen and oxygen atoms in total. The van der Waals surface area contributed by atoms with Gasteiger partial charge in [-0.1, -0.05) is 61.6 Å². The summed E-state index contributed by atoms with van der Waals surface area (Å²) < 4.78 is 0. The van der Waals surface area contributed by atoms with Gasteiger partial charge in [0.1, 0.15) is 0 Å². The number of hydrogen-bond donors (Lipinski definition) is 1. The van der Waals surface area contributed by atoms with Gasteiger partial charge in [0.05, 0.1) is 0 Å². The Labute approximate surface area is 91.3 Å². The Bertz CT molecular complexity index is 378. The fraction of sp³-hybridized carbons (Fsp3) is 0.286. The molecule has 15 heavy (non-hydrogen) atoms. The molecule has 0 heterocycles. The van der Waals surface area contributed by atoms with Crippen molar-refractivity contribution in [2.45, 2.75) is 24.8 Å². The predicted molar refractivity (Wildman–Crippen MR) is 64.7 cm³/mol. The van der Waals surface area contributed by atoms with E-state index in [-0.39, 0.29) is 5.54 Å². The third-order valence-electron chi connectivity index (χ3n) is 3.23. The zero-order valence-electron chi connectivity index (χ0n) is 9.06. The van der Waals surface area contributed by atoms with Crippen molar-refractivity contribution >= 4 is 0 Å². The second-order valence-electron chi connectivity index (χ2n) is 4.24. The van der Waals surface area contributed by atoms with Gasteiger partial charge in [0.2, 0.25) is 0 Å². The molecule has 0 fully saturated rings. The largest absolute Gasteiger partial charge is 0.321 e. The van der Waals surface area contributed by atoms with Crippen LogP contribution in [-0.2, 0) is 0 Å². The highest BCUT2D eigenvalue weighted by Crippen LogP contribution is 2.31. The van der Waals surface area contributed by atoms with Gasteiger partial charge in [0, 0.05) is 11.5 Å². The molecular weight excluding hydrogens is 182 g/mol. The first-order chi connectivity index (χ1) is 7.22. The molecule has 78 valence electrons. The molecule has 1 aromatic carbocycles. The average Bonchev–Trinajstić information content (AvgIpc) is 2.30. The standard InChI is InChI=1S/C14H17N/c1-12(13-8-4-2-5-9-13)14(15)10-6-3-7-11-14/h2-10,12H,11,15H2,1H3. The summed E-state index contributed by atoms with van der Waals surface area (Å²) in [5.41, 5.74) is 7.48. The lowest BCUT2D eigenvalue weighted by Crippen LogP contribution is -2.43. The van der Waals surface area contributed by atoms with Gasteiger partial charge in [-0.05, 0) is 12.0 Å². The summed E-state index contributed by atoms with van der Waals surface area (Å²) in [4.78, 5) is 0. The van der Waals surface area contributed by atoms with E-state index in [2.05, 4.69) is 49.4 Å². The molecule has 0 aliphatic heterocycles. The van der Waals surface area contributed by atoms with E-state index >= 15 is 0 Å². The minimum Gasteiger partial charge on any atom is -0.321 e. The Morgan fingerprint density at radius 1 is 1.20 bits per heavy atom. The Morgan fingerprint density at radius 2 is 1.93 bits per heavy atom. The molecule has 1 aliphatic carbocycles. The van der Waals surface area contributed by atoms with Crippen LogP contribution < -0.4 is 5.73 Å². The summed E-state index contributed by atoms with van der Waals surface area (Å²) in [5.74, 6) is 0.347. The van der Waals surface area contributed by atoms with Crippen molar-refractivity contribution in [1.29, 1.82) is 0 Å². The van der Waals surface area contributed by atoms with Gasteiger partial charge < -0.3 is 5.73 Å². The van der Waals surface area contributed by atoms with Crippen molar-refractivity contribution in [3.05, 3.63) is 60.2 Å². The van der Waals surface area contributed by atoms with Crippen LogP contribution in [0.2, 0.25) is 0 Å². The van der Waals surface area contributed by atoms with Crippen LogP contribution >= 0.6 is 0 Å². The van der Waals surface area contributed by atoms with Crippen molar-refractivity contribution in [1.82, 2.24) is 0 Å². The van der Waals surface area contributed by atoms with Gasteiger partial charge in [-0.2, -0.15) is 0 Å². The number of hydrogen-bond acceptors (Lipinski definition) is 1. The highest BCUT2D eigenvalue weighted by molar-refractivity contribution is 5.30. The highest BCUT2D eigenvalue weighted by atomic mass is 14.7. The van der Waals surface area contributed by atoms with E-state index in [1.165, 1.54) is 5.56 Å². The van der Waals surface area contributed by atoms with E-state index in [1.807, 2.05) is 12.1 Å². The molecule has 0 aromatic heterocycles. The number of nitrogens with two attached hydrogens (primary N) is 1. The fourth-order valence-electron chi connectivity index (χ4n) is 2.03. The molecule has 0 bridgehead atoms. The fourth-order valence-corrected chi connectivity index (χ4v) is 2.03. The molecule has 1 aliphatic rings. The molecule has 2 N–H and O–H groups in total. The third kappa shape index (κ3) is 2.02. The quantitative estimate of drug-likeness (QED) is 0.778. The Kier molecular flexibility index (Phi) is 2.74. The van der Waals surface area contributed by atoms with E-state index in [0.717, 1.165) is 6.42 Å². The lowest BCUT2D eigenvalue weighted by molar-refractivity contribution is 0.447. The molecule has 1 heteroatoms. The third-order valence-corrected chi connectivity index (χ3v) is 3.23. The zero-order chi connectivity index (χ0) is 10.7. The molecule has 2 rings (SSSR count). The minimum atomic E-state index is -0.226. The molecule has 2 unspecified atom stereocenters. The predicted octanol–water partition coefficient (Wildman–Crippen LogP) is 3.00. The smallest absolute Gasteiger partial charge is 0.0444 e. The maximum absolute atomic E-state index is 6.40. The van der Waals surface area contributed by atoms with Gasteiger partial charge in [0.15, 0.2) is 0 Å². The van der Waals surface area contributed by atoms with Crippen LogP contribution in [0, 0.1) is 0 Å². The maximum Gasteiger partial charge on any atom is 0.0444 e. The Balaban J connectivity index is 2.24. The first-order valence-electron chi connectivity index (χ1n) is 5.40. The van der Waals surface area contributed by atoms with Crippen LogP contribution in [0.5, 0.6) is 0 Å². The van der Waals surface area contributed by atoms with Crippen molar-refractivity contribution in [2.75, 3.05) is 0 Å². The average molecular weight is 199 g/mol. The number of rotatable bonds is 2.